The Morgan fingerprint density at radius 1 is 0.971 bits per heavy atom. The molecule has 176 valence electrons. The van der Waals surface area contributed by atoms with Gasteiger partial charge in [-0.15, -0.1) is 0 Å². The summed E-state index contributed by atoms with van der Waals surface area (Å²) in [6.45, 7) is 5.65. The van der Waals surface area contributed by atoms with Gasteiger partial charge < -0.3 is 20.7 Å². The Hall–Kier alpha value is -3.87. The molecule has 0 fully saturated rings. The molecule has 3 amide bonds. The summed E-state index contributed by atoms with van der Waals surface area (Å²) in [5, 5.41) is 10.8. The number of hydrogen-bond donors (Lipinski definition) is 3. The molecule has 7 nitrogen and oxygen atoms in total. The molecule has 34 heavy (non-hydrogen) atoms. The van der Waals surface area contributed by atoms with Crippen LogP contribution in [0, 0.1) is 5.92 Å². The third-order valence-corrected chi connectivity index (χ3v) is 5.94. The lowest BCUT2D eigenvalue weighted by Gasteiger charge is -2.25. The van der Waals surface area contributed by atoms with Gasteiger partial charge in [0.15, 0.2) is 6.61 Å². The van der Waals surface area contributed by atoms with E-state index in [2.05, 4.69) is 16.0 Å². The van der Waals surface area contributed by atoms with E-state index in [1.807, 2.05) is 69.3 Å². The summed E-state index contributed by atoms with van der Waals surface area (Å²) < 4.78 is 5.39. The smallest absolute Gasteiger partial charge is 0.262 e. The number of carbonyl (C=O) groups excluding carboxylic acids is 3. The summed E-state index contributed by atoms with van der Waals surface area (Å²) in [6, 6.07) is 18.4. The maximum Gasteiger partial charge on any atom is 0.262 e. The number of nitrogens with one attached hydrogen (secondary N) is 3. The first-order valence-corrected chi connectivity index (χ1v) is 11.4. The second kappa shape index (κ2) is 9.95. The zero-order chi connectivity index (χ0) is 24.2. The second-order valence-corrected chi connectivity index (χ2v) is 8.97. The minimum absolute atomic E-state index is 0.00634. The number of amides is 3. The van der Waals surface area contributed by atoms with Gasteiger partial charge in [0.1, 0.15) is 11.8 Å². The van der Waals surface area contributed by atoms with Gasteiger partial charge in [0.25, 0.3) is 5.91 Å². The SMILES string of the molecule is CC(NC(=O)C(NC(=O)Cc1ccc2ccccc2c1)C(C)C)c1ccc2c(c1)NC(=O)CO2. The van der Waals surface area contributed by atoms with E-state index in [0.717, 1.165) is 21.9 Å². The molecule has 4 rings (SSSR count). The second-order valence-electron chi connectivity index (χ2n) is 8.97. The highest BCUT2D eigenvalue weighted by Crippen LogP contribution is 2.30. The highest BCUT2D eigenvalue weighted by molar-refractivity contribution is 5.95. The zero-order valence-corrected chi connectivity index (χ0v) is 19.6. The molecule has 0 aliphatic carbocycles. The number of anilines is 1. The molecule has 0 bridgehead atoms. The maximum absolute atomic E-state index is 13.1. The fourth-order valence-corrected chi connectivity index (χ4v) is 4.05. The van der Waals surface area contributed by atoms with Gasteiger partial charge in [-0.3, -0.25) is 14.4 Å². The van der Waals surface area contributed by atoms with Crippen LogP contribution < -0.4 is 20.7 Å². The minimum atomic E-state index is -0.670. The Bertz CT molecular complexity index is 1240. The maximum atomic E-state index is 13.1. The van der Waals surface area contributed by atoms with Crippen molar-refractivity contribution >= 4 is 34.2 Å². The van der Waals surface area contributed by atoms with Gasteiger partial charge in [-0.1, -0.05) is 62.4 Å². The Kier molecular flexibility index (Phi) is 6.82. The highest BCUT2D eigenvalue weighted by Gasteiger charge is 2.26. The van der Waals surface area contributed by atoms with Crippen molar-refractivity contribution in [2.45, 2.75) is 39.3 Å². The Labute approximate surface area is 198 Å². The number of rotatable bonds is 7. The summed E-state index contributed by atoms with van der Waals surface area (Å²) in [6.07, 6.45) is 0.196. The van der Waals surface area contributed by atoms with Crippen LogP contribution in [0.5, 0.6) is 5.75 Å². The van der Waals surface area contributed by atoms with Crippen LogP contribution in [0.15, 0.2) is 60.7 Å². The van der Waals surface area contributed by atoms with Crippen molar-refractivity contribution in [2.75, 3.05) is 11.9 Å². The third kappa shape index (κ3) is 5.36. The lowest BCUT2D eigenvalue weighted by Crippen LogP contribution is -2.50. The van der Waals surface area contributed by atoms with Crippen molar-refractivity contribution in [3.05, 3.63) is 71.8 Å². The zero-order valence-electron chi connectivity index (χ0n) is 19.6. The standard InChI is InChI=1S/C27H29N3O4/c1-16(2)26(30-24(31)13-18-8-9-19-6-4-5-7-21(19)12-18)27(33)28-17(3)20-10-11-23-22(14-20)29-25(32)15-34-23/h4-12,14,16-17,26H,13,15H2,1-3H3,(H,28,33)(H,29,32)(H,30,31). The summed E-state index contributed by atoms with van der Waals surface area (Å²) in [5.74, 6) is -0.167. The van der Waals surface area contributed by atoms with Gasteiger partial charge in [-0.2, -0.15) is 0 Å². The van der Waals surface area contributed by atoms with Gasteiger partial charge in [0, 0.05) is 0 Å². The fraction of sp³-hybridized carbons (Fsp3) is 0.296. The summed E-state index contributed by atoms with van der Waals surface area (Å²) >= 11 is 0. The van der Waals surface area contributed by atoms with Gasteiger partial charge in [0.05, 0.1) is 18.2 Å². The fourth-order valence-electron chi connectivity index (χ4n) is 4.05. The van der Waals surface area contributed by atoms with Gasteiger partial charge in [0.2, 0.25) is 11.8 Å². The van der Waals surface area contributed by atoms with Crippen LogP contribution in [0.1, 0.15) is 37.9 Å². The monoisotopic (exact) mass is 459 g/mol. The molecule has 3 N–H and O–H groups in total. The first kappa shape index (κ1) is 23.3. The molecule has 3 aromatic rings. The van der Waals surface area contributed by atoms with Crippen molar-refractivity contribution in [3.8, 4) is 5.75 Å². The van der Waals surface area contributed by atoms with E-state index in [4.69, 9.17) is 4.74 Å². The van der Waals surface area contributed by atoms with Crippen molar-refractivity contribution < 1.29 is 19.1 Å². The molecule has 0 saturated heterocycles. The average Bonchev–Trinajstić information content (AvgIpc) is 2.81. The number of fused-ring (bicyclic) bond motifs is 2. The Morgan fingerprint density at radius 3 is 2.50 bits per heavy atom. The summed E-state index contributed by atoms with van der Waals surface area (Å²) in [5.41, 5.74) is 2.30. The average molecular weight is 460 g/mol. The van der Waals surface area contributed by atoms with Gasteiger partial charge >= 0.3 is 0 Å². The van der Waals surface area contributed by atoms with Crippen LogP contribution in [0.25, 0.3) is 10.8 Å². The van der Waals surface area contributed by atoms with E-state index in [-0.39, 0.29) is 42.7 Å². The quantitative estimate of drug-likeness (QED) is 0.502. The number of ether oxygens (including phenoxy) is 1. The van der Waals surface area contributed by atoms with Crippen LogP contribution in [0.2, 0.25) is 0 Å². The van der Waals surface area contributed by atoms with Gasteiger partial charge in [-0.25, -0.2) is 0 Å². The van der Waals surface area contributed by atoms with Crippen molar-refractivity contribution in [1.29, 1.82) is 0 Å². The first-order chi connectivity index (χ1) is 16.3. The first-order valence-electron chi connectivity index (χ1n) is 11.4. The largest absolute Gasteiger partial charge is 0.482 e. The number of benzene rings is 3. The van der Waals surface area contributed by atoms with E-state index >= 15 is 0 Å². The number of hydrogen-bond acceptors (Lipinski definition) is 4. The third-order valence-electron chi connectivity index (χ3n) is 5.94. The van der Waals surface area contributed by atoms with E-state index in [1.54, 1.807) is 12.1 Å². The summed E-state index contributed by atoms with van der Waals surface area (Å²) in [7, 11) is 0. The Balaban J connectivity index is 1.40. The van der Waals surface area contributed by atoms with Crippen LogP contribution in [-0.2, 0) is 20.8 Å². The molecule has 2 unspecified atom stereocenters. The van der Waals surface area contributed by atoms with Crippen molar-refractivity contribution in [1.82, 2.24) is 10.6 Å². The normalized spacial score (nSPS) is 14.5. The van der Waals surface area contributed by atoms with Gasteiger partial charge in [-0.05, 0) is 46.9 Å². The molecule has 0 aromatic heterocycles. The van der Waals surface area contributed by atoms with Crippen LogP contribution in [0.3, 0.4) is 0 Å². The van der Waals surface area contributed by atoms with Crippen LogP contribution in [-0.4, -0.2) is 30.4 Å². The molecule has 1 heterocycles. The highest BCUT2D eigenvalue weighted by atomic mass is 16.5. The molecule has 2 atom stereocenters. The van der Waals surface area contributed by atoms with Crippen LogP contribution >= 0.6 is 0 Å². The Morgan fingerprint density at radius 2 is 1.74 bits per heavy atom. The lowest BCUT2D eigenvalue weighted by molar-refractivity contribution is -0.130. The minimum Gasteiger partial charge on any atom is -0.482 e. The predicted octanol–water partition coefficient (Wildman–Crippen LogP) is 3.73. The van der Waals surface area contributed by atoms with E-state index < -0.39 is 6.04 Å². The van der Waals surface area contributed by atoms with Crippen molar-refractivity contribution in [3.63, 3.8) is 0 Å². The van der Waals surface area contributed by atoms with Crippen LogP contribution in [0.4, 0.5) is 5.69 Å². The molecule has 0 spiro atoms. The molecular weight excluding hydrogens is 430 g/mol. The molecule has 1 aliphatic rings. The number of carbonyl (C=O) groups is 3. The molecule has 0 saturated carbocycles. The lowest BCUT2D eigenvalue weighted by atomic mass is 10.0. The van der Waals surface area contributed by atoms with E-state index in [1.165, 1.54) is 0 Å². The van der Waals surface area contributed by atoms with Crippen molar-refractivity contribution in [2.24, 2.45) is 5.92 Å². The molecular formula is C27H29N3O4. The molecule has 1 aliphatic heterocycles. The molecule has 3 aromatic carbocycles. The van der Waals surface area contributed by atoms with E-state index in [9.17, 15) is 14.4 Å². The predicted molar refractivity (Wildman–Crippen MR) is 132 cm³/mol. The summed E-state index contributed by atoms with van der Waals surface area (Å²) in [4.78, 5) is 37.4. The molecule has 7 heteroatoms. The topological polar surface area (TPSA) is 96.5 Å². The molecule has 0 radical (unpaired) electrons. The van der Waals surface area contributed by atoms with E-state index in [0.29, 0.717) is 11.4 Å².